The van der Waals surface area contributed by atoms with Crippen LogP contribution in [-0.4, -0.2) is 36.2 Å². The maximum Gasteiger partial charge on any atom is 0.172 e. The number of thiocarbonyl (C=S) groups is 1. The van der Waals surface area contributed by atoms with E-state index in [1.165, 1.54) is 0 Å². The second-order valence-electron chi connectivity index (χ2n) is 4.38. The van der Waals surface area contributed by atoms with Crippen molar-refractivity contribution in [2.75, 3.05) is 13.1 Å². The van der Waals surface area contributed by atoms with E-state index in [0.29, 0.717) is 24.2 Å². The van der Waals surface area contributed by atoms with E-state index >= 15 is 0 Å². The van der Waals surface area contributed by atoms with Crippen molar-refractivity contribution < 1.29 is 0 Å². The van der Waals surface area contributed by atoms with Crippen molar-refractivity contribution in [3.63, 3.8) is 0 Å². The van der Waals surface area contributed by atoms with Gasteiger partial charge in [0.15, 0.2) is 5.11 Å². The number of aliphatic imine (C=N–C) groups is 1. The van der Waals surface area contributed by atoms with Crippen LogP contribution >= 0.6 is 12.2 Å². The molecule has 0 amide bonds. The van der Waals surface area contributed by atoms with Crippen LogP contribution in [0.1, 0.15) is 20.8 Å². The summed E-state index contributed by atoms with van der Waals surface area (Å²) < 4.78 is 0. The first kappa shape index (κ1) is 14.7. The molecule has 1 unspecified atom stereocenters. The largest absolute Gasteiger partial charge is 0.360 e. The van der Waals surface area contributed by atoms with Crippen LogP contribution in [0.15, 0.2) is 16.9 Å². The average Bonchev–Trinajstić information content (AvgIpc) is 2.24. The highest BCUT2D eigenvalue weighted by Crippen LogP contribution is 1.96. The van der Waals surface area contributed by atoms with Gasteiger partial charge in [-0.1, -0.05) is 0 Å². The Labute approximate surface area is 113 Å². The summed E-state index contributed by atoms with van der Waals surface area (Å²) in [7, 11) is 0. The number of nitrogens with zero attached hydrogens (tertiary/aromatic N) is 1. The molecule has 18 heavy (non-hydrogen) atoms. The Morgan fingerprint density at radius 3 is 2.89 bits per heavy atom. The summed E-state index contributed by atoms with van der Waals surface area (Å²) in [4.78, 5) is 4.33. The van der Waals surface area contributed by atoms with Crippen molar-refractivity contribution in [1.29, 1.82) is 0 Å². The van der Waals surface area contributed by atoms with Crippen LogP contribution in [-0.2, 0) is 0 Å². The number of rotatable bonds is 4. The third-order valence-electron chi connectivity index (χ3n) is 2.10. The fraction of sp³-hybridized carbons (Fsp3) is 0.636. The van der Waals surface area contributed by atoms with Crippen LogP contribution in [0.3, 0.4) is 0 Å². The van der Waals surface area contributed by atoms with E-state index in [-0.39, 0.29) is 6.17 Å². The van der Waals surface area contributed by atoms with Gasteiger partial charge in [-0.25, -0.2) is 0 Å². The Balaban J connectivity index is 2.62. The first-order chi connectivity index (χ1) is 8.51. The first-order valence-corrected chi connectivity index (χ1v) is 6.49. The molecule has 0 aromatic heterocycles. The Hall–Kier alpha value is -1.34. The zero-order chi connectivity index (χ0) is 13.5. The van der Waals surface area contributed by atoms with Gasteiger partial charge >= 0.3 is 0 Å². The molecule has 1 rings (SSSR count). The second kappa shape index (κ2) is 7.17. The summed E-state index contributed by atoms with van der Waals surface area (Å²) in [6, 6.07) is 0.301. The van der Waals surface area contributed by atoms with Crippen molar-refractivity contribution >= 4 is 23.2 Å². The highest BCUT2D eigenvalue weighted by molar-refractivity contribution is 7.80. The van der Waals surface area contributed by atoms with Gasteiger partial charge < -0.3 is 27.0 Å². The molecule has 1 aliphatic heterocycles. The predicted octanol–water partition coefficient (Wildman–Crippen LogP) is -0.404. The number of nitrogens with one attached hydrogen (secondary N) is 4. The maximum atomic E-state index is 5.43. The molecule has 0 bridgehead atoms. The van der Waals surface area contributed by atoms with E-state index in [2.05, 4.69) is 26.3 Å². The van der Waals surface area contributed by atoms with E-state index in [9.17, 15) is 0 Å². The lowest BCUT2D eigenvalue weighted by atomic mass is 10.3. The Bertz CT molecular complexity index is 349. The van der Waals surface area contributed by atoms with E-state index in [0.717, 1.165) is 11.7 Å². The van der Waals surface area contributed by atoms with Gasteiger partial charge in [0, 0.05) is 18.7 Å². The minimum Gasteiger partial charge on any atom is -0.360 e. The molecule has 1 heterocycles. The molecular formula is C11H22N6S. The van der Waals surface area contributed by atoms with Gasteiger partial charge in [-0.3, -0.25) is 4.99 Å². The lowest BCUT2D eigenvalue weighted by molar-refractivity contribution is 0.551. The van der Waals surface area contributed by atoms with Gasteiger partial charge in [0.1, 0.15) is 11.7 Å². The predicted molar refractivity (Wildman–Crippen MR) is 79.2 cm³/mol. The topological polar surface area (TPSA) is 86.5 Å². The Morgan fingerprint density at radius 1 is 1.56 bits per heavy atom. The van der Waals surface area contributed by atoms with Crippen LogP contribution in [0.2, 0.25) is 0 Å². The average molecular weight is 270 g/mol. The van der Waals surface area contributed by atoms with Gasteiger partial charge in [-0.05, 0) is 33.0 Å². The minimum absolute atomic E-state index is 0.0934. The van der Waals surface area contributed by atoms with Gasteiger partial charge in [-0.15, -0.1) is 0 Å². The monoisotopic (exact) mass is 270 g/mol. The fourth-order valence-electron chi connectivity index (χ4n) is 1.48. The standard InChI is InChI=1S/C11H22N6S/c1-7(2)14-11(18)17-10-6-9(13-5-4-12)15-8(3)16-10/h6-8,16H,4-5,12H2,1-3H3,(H,13,15)(H2,14,17,18). The van der Waals surface area contributed by atoms with E-state index in [4.69, 9.17) is 18.0 Å². The normalized spacial score (nSPS) is 21.1. The fourth-order valence-corrected chi connectivity index (χ4v) is 1.83. The molecule has 1 atom stereocenters. The minimum atomic E-state index is 0.0934. The Kier molecular flexibility index (Phi) is 5.87. The molecule has 6 nitrogen and oxygen atoms in total. The highest BCUT2D eigenvalue weighted by Gasteiger charge is 2.13. The number of hydrogen-bond donors (Lipinski definition) is 5. The molecule has 0 fully saturated rings. The van der Waals surface area contributed by atoms with Crippen LogP contribution < -0.4 is 27.0 Å². The molecule has 0 aromatic rings. The van der Waals surface area contributed by atoms with Crippen LogP contribution in [0.4, 0.5) is 0 Å². The summed E-state index contributed by atoms with van der Waals surface area (Å²) >= 11 is 5.19. The summed E-state index contributed by atoms with van der Waals surface area (Å²) in [5.41, 5.74) is 5.43. The molecule has 102 valence electrons. The third-order valence-corrected chi connectivity index (χ3v) is 2.32. The lowest BCUT2D eigenvalue weighted by Gasteiger charge is -2.27. The van der Waals surface area contributed by atoms with Crippen molar-refractivity contribution in [3.05, 3.63) is 11.9 Å². The summed E-state index contributed by atoms with van der Waals surface area (Å²) in [6.07, 6.45) is 1.97. The summed E-state index contributed by atoms with van der Waals surface area (Å²) in [6.45, 7) is 7.22. The molecule has 7 heteroatoms. The van der Waals surface area contributed by atoms with Gasteiger partial charge in [0.05, 0.1) is 12.7 Å². The zero-order valence-electron chi connectivity index (χ0n) is 11.1. The summed E-state index contributed by atoms with van der Waals surface area (Å²) in [5.74, 6) is 1.64. The smallest absolute Gasteiger partial charge is 0.172 e. The van der Waals surface area contributed by atoms with Crippen LogP contribution in [0, 0.1) is 0 Å². The molecule has 1 aliphatic rings. The molecule has 6 N–H and O–H groups in total. The number of nitrogens with two attached hydrogens (primary N) is 1. The molecule has 0 aliphatic carbocycles. The number of hydrogen-bond acceptors (Lipinski definition) is 4. The number of amidine groups is 1. The zero-order valence-corrected chi connectivity index (χ0v) is 11.9. The third kappa shape index (κ3) is 5.33. The SMILES string of the molecule is CC(C)NC(=S)NC1=CC(=NCCN)NC(C)N1. The van der Waals surface area contributed by atoms with Gasteiger partial charge in [0.25, 0.3) is 0 Å². The molecule has 0 saturated carbocycles. The van der Waals surface area contributed by atoms with Crippen molar-refractivity contribution in [2.24, 2.45) is 10.7 Å². The van der Waals surface area contributed by atoms with E-state index in [1.54, 1.807) is 0 Å². The van der Waals surface area contributed by atoms with E-state index in [1.807, 2.05) is 26.8 Å². The summed E-state index contributed by atoms with van der Waals surface area (Å²) in [5, 5.41) is 13.2. The first-order valence-electron chi connectivity index (χ1n) is 6.08. The molecule has 0 saturated heterocycles. The molecular weight excluding hydrogens is 248 g/mol. The van der Waals surface area contributed by atoms with Gasteiger partial charge in [-0.2, -0.15) is 0 Å². The van der Waals surface area contributed by atoms with Crippen molar-refractivity contribution in [2.45, 2.75) is 33.0 Å². The maximum absolute atomic E-state index is 5.43. The van der Waals surface area contributed by atoms with Crippen molar-refractivity contribution in [1.82, 2.24) is 21.3 Å². The molecule has 0 radical (unpaired) electrons. The quantitative estimate of drug-likeness (QED) is 0.447. The second-order valence-corrected chi connectivity index (χ2v) is 4.79. The van der Waals surface area contributed by atoms with Crippen LogP contribution in [0.5, 0.6) is 0 Å². The molecule has 0 spiro atoms. The molecule has 0 aromatic carbocycles. The lowest BCUT2D eigenvalue weighted by Crippen LogP contribution is -2.52. The Morgan fingerprint density at radius 2 is 2.28 bits per heavy atom. The highest BCUT2D eigenvalue weighted by atomic mass is 32.1. The van der Waals surface area contributed by atoms with E-state index < -0.39 is 0 Å². The van der Waals surface area contributed by atoms with Gasteiger partial charge in [0.2, 0.25) is 0 Å². The van der Waals surface area contributed by atoms with Crippen molar-refractivity contribution in [3.8, 4) is 0 Å². The van der Waals surface area contributed by atoms with Crippen LogP contribution in [0.25, 0.3) is 0 Å².